The van der Waals surface area contributed by atoms with E-state index < -0.39 is 11.9 Å². The van der Waals surface area contributed by atoms with Gasteiger partial charge in [-0.25, -0.2) is 0 Å². The van der Waals surface area contributed by atoms with Gasteiger partial charge in [0, 0.05) is 17.8 Å². The van der Waals surface area contributed by atoms with Crippen molar-refractivity contribution in [3.8, 4) is 5.75 Å². The first kappa shape index (κ1) is 14.8. The predicted molar refractivity (Wildman–Crippen MR) is 88.5 cm³/mol. The van der Waals surface area contributed by atoms with Gasteiger partial charge in [-0.15, -0.1) is 0 Å². The maximum absolute atomic E-state index is 13.2. The van der Waals surface area contributed by atoms with E-state index in [1.54, 1.807) is 11.0 Å². The van der Waals surface area contributed by atoms with Crippen LogP contribution in [0, 0.1) is 0 Å². The molecule has 5 nitrogen and oxygen atoms in total. The Morgan fingerprint density at radius 3 is 2.50 bits per heavy atom. The van der Waals surface area contributed by atoms with Gasteiger partial charge in [-0.3, -0.25) is 9.59 Å². The minimum absolute atomic E-state index is 0.0537. The molecule has 2 aromatic rings. The first-order valence-corrected chi connectivity index (χ1v) is 8.01. The van der Waals surface area contributed by atoms with Crippen LogP contribution in [0.1, 0.15) is 29.4 Å². The number of amides is 1. The molecule has 2 aliphatic rings. The molecule has 5 heteroatoms. The van der Waals surface area contributed by atoms with Gasteiger partial charge in [0.1, 0.15) is 11.7 Å². The topological polar surface area (TPSA) is 66.8 Å². The molecule has 4 rings (SSSR count). The Labute approximate surface area is 139 Å². The van der Waals surface area contributed by atoms with E-state index in [0.29, 0.717) is 24.3 Å². The third kappa shape index (κ3) is 2.24. The predicted octanol–water partition coefficient (Wildman–Crippen LogP) is 2.77. The summed E-state index contributed by atoms with van der Waals surface area (Å²) in [7, 11) is 0. The van der Waals surface area contributed by atoms with Crippen molar-refractivity contribution in [2.45, 2.75) is 18.3 Å². The standard InChI is InChI=1S/C19H17NO4/c21-18(14-9-10-24-17-8-4-2-6-13(14)17)20-11-15(19(22)23)12-5-1-3-7-16(12)20/h1-8,14-15H,9-11H2,(H,22,23)/t14-,15-/m1/s1. The van der Waals surface area contributed by atoms with Gasteiger partial charge in [0.15, 0.2) is 0 Å². The SMILES string of the molecule is O=C(O)[C@@H]1CN(C(=O)[C@@H]2CCOc3ccccc32)c2ccccc21. The fourth-order valence-corrected chi connectivity index (χ4v) is 3.61. The fourth-order valence-electron chi connectivity index (χ4n) is 3.61. The average Bonchev–Trinajstić information content (AvgIpc) is 3.00. The summed E-state index contributed by atoms with van der Waals surface area (Å²) in [4.78, 5) is 26.3. The number of ether oxygens (including phenoxy) is 1. The Hall–Kier alpha value is -2.82. The van der Waals surface area contributed by atoms with Crippen LogP contribution < -0.4 is 9.64 Å². The van der Waals surface area contributed by atoms with Gasteiger partial charge in [-0.05, 0) is 24.1 Å². The number of para-hydroxylation sites is 2. The number of benzene rings is 2. The van der Waals surface area contributed by atoms with Crippen molar-refractivity contribution in [2.24, 2.45) is 0 Å². The molecule has 122 valence electrons. The lowest BCUT2D eigenvalue weighted by molar-refractivity contribution is -0.138. The third-order valence-corrected chi connectivity index (χ3v) is 4.79. The van der Waals surface area contributed by atoms with Crippen LogP contribution in [0.3, 0.4) is 0 Å². The number of carbonyl (C=O) groups excluding carboxylic acids is 1. The molecule has 0 saturated heterocycles. The van der Waals surface area contributed by atoms with E-state index >= 15 is 0 Å². The molecule has 2 aliphatic heterocycles. The van der Waals surface area contributed by atoms with Gasteiger partial charge in [0.25, 0.3) is 0 Å². The van der Waals surface area contributed by atoms with E-state index in [-0.39, 0.29) is 18.4 Å². The van der Waals surface area contributed by atoms with E-state index in [9.17, 15) is 14.7 Å². The highest BCUT2D eigenvalue weighted by atomic mass is 16.5. The molecule has 2 heterocycles. The van der Waals surface area contributed by atoms with Crippen LogP contribution in [0.2, 0.25) is 0 Å². The average molecular weight is 323 g/mol. The normalized spacial score (nSPS) is 21.6. The molecular weight excluding hydrogens is 306 g/mol. The van der Waals surface area contributed by atoms with Crippen LogP contribution >= 0.6 is 0 Å². The molecule has 24 heavy (non-hydrogen) atoms. The Kier molecular flexibility index (Phi) is 3.49. The van der Waals surface area contributed by atoms with Crippen molar-refractivity contribution in [1.29, 1.82) is 0 Å². The van der Waals surface area contributed by atoms with Crippen LogP contribution in [0.4, 0.5) is 5.69 Å². The number of carbonyl (C=O) groups is 2. The highest BCUT2D eigenvalue weighted by Crippen LogP contribution is 2.41. The summed E-state index contributed by atoms with van der Waals surface area (Å²) in [6.07, 6.45) is 0.603. The summed E-state index contributed by atoms with van der Waals surface area (Å²) in [6.45, 7) is 0.679. The highest BCUT2D eigenvalue weighted by Gasteiger charge is 2.40. The molecule has 0 saturated carbocycles. The van der Waals surface area contributed by atoms with Crippen LogP contribution in [0.5, 0.6) is 5.75 Å². The summed E-state index contributed by atoms with van der Waals surface area (Å²) in [5, 5.41) is 9.47. The number of fused-ring (bicyclic) bond motifs is 2. The molecule has 1 N–H and O–H groups in total. The molecule has 0 unspecified atom stereocenters. The number of carboxylic acid groups (broad SMARTS) is 1. The molecule has 2 aromatic carbocycles. The van der Waals surface area contributed by atoms with Crippen molar-refractivity contribution < 1.29 is 19.4 Å². The number of carboxylic acids is 1. The molecule has 0 bridgehead atoms. The maximum Gasteiger partial charge on any atom is 0.312 e. The minimum Gasteiger partial charge on any atom is -0.493 e. The number of hydrogen-bond donors (Lipinski definition) is 1. The number of anilines is 1. The first-order valence-electron chi connectivity index (χ1n) is 8.01. The lowest BCUT2D eigenvalue weighted by atomic mass is 9.92. The van der Waals surface area contributed by atoms with Crippen molar-refractivity contribution in [3.05, 3.63) is 59.7 Å². The monoisotopic (exact) mass is 323 g/mol. The molecule has 0 aromatic heterocycles. The molecular formula is C19H17NO4. The van der Waals surface area contributed by atoms with Gasteiger partial charge in [0.2, 0.25) is 5.91 Å². The largest absolute Gasteiger partial charge is 0.493 e. The van der Waals surface area contributed by atoms with Crippen LogP contribution in [0.25, 0.3) is 0 Å². The van der Waals surface area contributed by atoms with E-state index in [0.717, 1.165) is 11.3 Å². The molecule has 0 aliphatic carbocycles. The maximum atomic E-state index is 13.2. The fraction of sp³-hybridized carbons (Fsp3) is 0.263. The van der Waals surface area contributed by atoms with E-state index in [1.165, 1.54) is 0 Å². The summed E-state index contributed by atoms with van der Waals surface area (Å²) >= 11 is 0. The van der Waals surface area contributed by atoms with E-state index in [1.807, 2.05) is 42.5 Å². The van der Waals surface area contributed by atoms with E-state index in [4.69, 9.17) is 4.74 Å². The van der Waals surface area contributed by atoms with Gasteiger partial charge in [-0.1, -0.05) is 36.4 Å². The van der Waals surface area contributed by atoms with Crippen LogP contribution in [0.15, 0.2) is 48.5 Å². The number of rotatable bonds is 2. The van der Waals surface area contributed by atoms with Gasteiger partial charge in [0.05, 0.1) is 12.5 Å². The lowest BCUT2D eigenvalue weighted by Gasteiger charge is -2.29. The van der Waals surface area contributed by atoms with Gasteiger partial charge in [-0.2, -0.15) is 0 Å². The Balaban J connectivity index is 1.71. The summed E-state index contributed by atoms with van der Waals surface area (Å²) < 4.78 is 5.63. The Morgan fingerprint density at radius 2 is 1.71 bits per heavy atom. The smallest absolute Gasteiger partial charge is 0.312 e. The van der Waals surface area contributed by atoms with Gasteiger partial charge >= 0.3 is 5.97 Å². The number of nitrogens with zero attached hydrogens (tertiary/aromatic N) is 1. The summed E-state index contributed by atoms with van der Waals surface area (Å²) in [5.74, 6) is -1.17. The quantitative estimate of drug-likeness (QED) is 0.923. The second-order valence-corrected chi connectivity index (χ2v) is 6.13. The van der Waals surface area contributed by atoms with E-state index in [2.05, 4.69) is 0 Å². The van der Waals surface area contributed by atoms with Crippen LogP contribution in [-0.4, -0.2) is 30.1 Å². The van der Waals surface area contributed by atoms with Crippen molar-refractivity contribution in [2.75, 3.05) is 18.1 Å². The second-order valence-electron chi connectivity index (χ2n) is 6.13. The zero-order valence-corrected chi connectivity index (χ0v) is 13.0. The van der Waals surface area contributed by atoms with Gasteiger partial charge < -0.3 is 14.7 Å². The zero-order valence-electron chi connectivity index (χ0n) is 13.0. The summed E-state index contributed by atoms with van der Waals surface area (Å²) in [5.41, 5.74) is 2.29. The Bertz CT molecular complexity index is 817. The molecule has 0 fully saturated rings. The summed E-state index contributed by atoms with van der Waals surface area (Å²) in [6, 6.07) is 14.8. The molecule has 0 spiro atoms. The minimum atomic E-state index is -0.898. The zero-order chi connectivity index (χ0) is 16.7. The molecule has 2 atom stereocenters. The molecule has 1 amide bonds. The number of aliphatic carboxylic acids is 1. The molecule has 0 radical (unpaired) electrons. The Morgan fingerprint density at radius 1 is 1.00 bits per heavy atom. The van der Waals surface area contributed by atoms with Crippen molar-refractivity contribution in [3.63, 3.8) is 0 Å². The highest BCUT2D eigenvalue weighted by molar-refractivity contribution is 6.02. The first-order chi connectivity index (χ1) is 11.7. The van der Waals surface area contributed by atoms with Crippen molar-refractivity contribution in [1.82, 2.24) is 0 Å². The third-order valence-electron chi connectivity index (χ3n) is 4.79. The lowest BCUT2D eigenvalue weighted by Crippen LogP contribution is -2.37. The number of hydrogen-bond acceptors (Lipinski definition) is 3. The van der Waals surface area contributed by atoms with Crippen LogP contribution in [-0.2, 0) is 9.59 Å². The second kappa shape index (κ2) is 5.67. The van der Waals surface area contributed by atoms with Crippen molar-refractivity contribution >= 4 is 17.6 Å².